The number of hydrogen-bond acceptors (Lipinski definition) is 5. The normalized spacial score (nSPS) is 15.1. The molecule has 1 aromatic carbocycles. The first-order valence-corrected chi connectivity index (χ1v) is 9.45. The smallest absolute Gasteiger partial charge is 0.261 e. The molecule has 0 aliphatic carbocycles. The van der Waals surface area contributed by atoms with Crippen LogP contribution in [0.2, 0.25) is 0 Å². The Morgan fingerprint density at radius 1 is 1.28 bits per heavy atom. The predicted octanol–water partition coefficient (Wildman–Crippen LogP) is 2.37. The van der Waals surface area contributed by atoms with Crippen LogP contribution < -0.4 is 15.4 Å². The molecule has 3 rings (SSSR count). The van der Waals surface area contributed by atoms with E-state index in [0.29, 0.717) is 6.54 Å². The fourth-order valence-corrected chi connectivity index (χ4v) is 3.96. The van der Waals surface area contributed by atoms with Gasteiger partial charge in [-0.3, -0.25) is 9.69 Å². The summed E-state index contributed by atoms with van der Waals surface area (Å²) < 4.78 is 5.20. The Labute approximate surface area is 153 Å². The number of ether oxygens (including phenoxy) is 1. The van der Waals surface area contributed by atoms with Gasteiger partial charge in [-0.1, -0.05) is 12.1 Å². The molecule has 0 spiro atoms. The van der Waals surface area contributed by atoms with Crippen LogP contribution in [0.4, 0.5) is 0 Å². The predicted molar refractivity (Wildman–Crippen MR) is 103 cm³/mol. The van der Waals surface area contributed by atoms with Crippen molar-refractivity contribution in [3.05, 3.63) is 40.1 Å². The van der Waals surface area contributed by atoms with Gasteiger partial charge in [-0.15, -0.1) is 11.3 Å². The first-order valence-electron chi connectivity index (χ1n) is 8.63. The maximum atomic E-state index is 12.4. The largest absolute Gasteiger partial charge is 0.497 e. The van der Waals surface area contributed by atoms with E-state index in [-0.39, 0.29) is 5.91 Å². The minimum atomic E-state index is 0.0167. The molecule has 1 aromatic heterocycles. The number of carbonyl (C=O) groups is 1. The minimum Gasteiger partial charge on any atom is -0.497 e. The molecule has 1 saturated heterocycles. The number of carbonyl (C=O) groups excluding carboxylic acids is 1. The molecule has 134 valence electrons. The maximum absolute atomic E-state index is 12.4. The number of benzene rings is 1. The van der Waals surface area contributed by atoms with Crippen molar-refractivity contribution in [3.63, 3.8) is 0 Å². The number of methoxy groups -OCH3 is 1. The molecule has 0 radical (unpaired) electrons. The number of amides is 1. The zero-order chi connectivity index (χ0) is 17.6. The van der Waals surface area contributed by atoms with E-state index in [1.807, 2.05) is 30.3 Å². The van der Waals surface area contributed by atoms with Crippen molar-refractivity contribution in [3.8, 4) is 16.9 Å². The van der Waals surface area contributed by atoms with Gasteiger partial charge in [0.05, 0.1) is 12.0 Å². The summed E-state index contributed by atoms with van der Waals surface area (Å²) in [4.78, 5) is 16.7. The summed E-state index contributed by atoms with van der Waals surface area (Å²) in [5, 5.41) is 6.38. The SMILES string of the molecule is COc1ccc(-c2cc(C(=O)NCCN3CCNCC3)sc2C)cc1. The van der Waals surface area contributed by atoms with Crippen LogP contribution in [0.1, 0.15) is 14.5 Å². The monoisotopic (exact) mass is 359 g/mol. The second kappa shape index (κ2) is 8.47. The zero-order valence-corrected chi connectivity index (χ0v) is 15.6. The van der Waals surface area contributed by atoms with E-state index >= 15 is 0 Å². The average molecular weight is 359 g/mol. The molecule has 2 N–H and O–H groups in total. The van der Waals surface area contributed by atoms with Crippen LogP contribution >= 0.6 is 11.3 Å². The molecule has 1 aliphatic rings. The van der Waals surface area contributed by atoms with Crippen LogP contribution in [0.25, 0.3) is 11.1 Å². The lowest BCUT2D eigenvalue weighted by molar-refractivity contribution is 0.0951. The topological polar surface area (TPSA) is 53.6 Å². The minimum absolute atomic E-state index is 0.0167. The fourth-order valence-electron chi connectivity index (χ4n) is 3.00. The summed E-state index contributed by atoms with van der Waals surface area (Å²) in [6.45, 7) is 7.82. The van der Waals surface area contributed by atoms with Crippen LogP contribution in [0.15, 0.2) is 30.3 Å². The molecule has 0 unspecified atom stereocenters. The van der Waals surface area contributed by atoms with Gasteiger partial charge >= 0.3 is 0 Å². The highest BCUT2D eigenvalue weighted by Crippen LogP contribution is 2.31. The molecule has 1 fully saturated rings. The molecule has 0 atom stereocenters. The third-order valence-electron chi connectivity index (χ3n) is 4.47. The van der Waals surface area contributed by atoms with Gasteiger partial charge < -0.3 is 15.4 Å². The molecule has 2 aromatic rings. The summed E-state index contributed by atoms with van der Waals surface area (Å²) in [7, 11) is 1.66. The van der Waals surface area contributed by atoms with Gasteiger partial charge in [-0.2, -0.15) is 0 Å². The van der Waals surface area contributed by atoms with Crippen LogP contribution in [-0.2, 0) is 0 Å². The molecule has 1 aliphatic heterocycles. The van der Waals surface area contributed by atoms with Crippen LogP contribution in [0, 0.1) is 6.92 Å². The molecule has 5 nitrogen and oxygen atoms in total. The van der Waals surface area contributed by atoms with Crippen molar-refractivity contribution in [2.45, 2.75) is 6.92 Å². The van der Waals surface area contributed by atoms with Gasteiger partial charge in [-0.25, -0.2) is 0 Å². The Hall–Kier alpha value is -1.89. The highest BCUT2D eigenvalue weighted by molar-refractivity contribution is 7.14. The number of hydrogen-bond donors (Lipinski definition) is 2. The van der Waals surface area contributed by atoms with Crippen LogP contribution in [-0.4, -0.2) is 57.2 Å². The highest BCUT2D eigenvalue weighted by Gasteiger charge is 2.14. The number of aryl methyl sites for hydroxylation is 1. The van der Waals surface area contributed by atoms with Crippen molar-refractivity contribution in [2.75, 3.05) is 46.4 Å². The quantitative estimate of drug-likeness (QED) is 0.831. The van der Waals surface area contributed by atoms with E-state index < -0.39 is 0 Å². The van der Waals surface area contributed by atoms with E-state index in [1.165, 1.54) is 0 Å². The highest BCUT2D eigenvalue weighted by atomic mass is 32.1. The summed E-state index contributed by atoms with van der Waals surface area (Å²) in [6, 6.07) is 9.93. The van der Waals surface area contributed by atoms with E-state index in [4.69, 9.17) is 4.74 Å². The number of nitrogens with one attached hydrogen (secondary N) is 2. The van der Waals surface area contributed by atoms with Crippen molar-refractivity contribution in [1.82, 2.24) is 15.5 Å². The third-order valence-corrected chi connectivity index (χ3v) is 5.52. The maximum Gasteiger partial charge on any atom is 0.261 e. The Morgan fingerprint density at radius 3 is 2.68 bits per heavy atom. The second-order valence-corrected chi connectivity index (χ2v) is 7.41. The zero-order valence-electron chi connectivity index (χ0n) is 14.8. The lowest BCUT2D eigenvalue weighted by Gasteiger charge is -2.26. The third kappa shape index (κ3) is 4.60. The number of nitrogens with zero attached hydrogens (tertiary/aromatic N) is 1. The van der Waals surface area contributed by atoms with Crippen LogP contribution in [0.3, 0.4) is 0 Å². The molecule has 2 heterocycles. The molecule has 0 bridgehead atoms. The van der Waals surface area contributed by atoms with Crippen molar-refractivity contribution < 1.29 is 9.53 Å². The fraction of sp³-hybridized carbons (Fsp3) is 0.421. The number of rotatable bonds is 6. The van der Waals surface area contributed by atoms with Gasteiger partial charge in [0.2, 0.25) is 0 Å². The first kappa shape index (κ1) is 17.9. The Balaban J connectivity index is 1.59. The van der Waals surface area contributed by atoms with Gasteiger partial charge in [0.15, 0.2) is 0 Å². The average Bonchev–Trinajstić information content (AvgIpc) is 3.04. The standard InChI is InChI=1S/C19H25N3O2S/c1-14-17(15-3-5-16(24-2)6-4-15)13-18(25-14)19(23)21-9-12-22-10-7-20-8-11-22/h3-6,13,20H,7-12H2,1-2H3,(H,21,23). The first-order chi connectivity index (χ1) is 12.2. The van der Waals surface area contributed by atoms with Gasteiger partial charge in [0.1, 0.15) is 5.75 Å². The second-order valence-electron chi connectivity index (χ2n) is 6.16. The van der Waals surface area contributed by atoms with Crippen molar-refractivity contribution in [2.24, 2.45) is 0 Å². The lowest BCUT2D eigenvalue weighted by Crippen LogP contribution is -2.46. The molecule has 0 saturated carbocycles. The molecular weight excluding hydrogens is 334 g/mol. The van der Waals surface area contributed by atoms with Crippen molar-refractivity contribution >= 4 is 17.2 Å². The number of piperazine rings is 1. The van der Waals surface area contributed by atoms with E-state index in [1.54, 1.807) is 18.4 Å². The van der Waals surface area contributed by atoms with Gasteiger partial charge in [0, 0.05) is 44.1 Å². The molecular formula is C19H25N3O2S. The Kier molecular flexibility index (Phi) is 6.07. The van der Waals surface area contributed by atoms with E-state index in [9.17, 15) is 4.79 Å². The van der Waals surface area contributed by atoms with Crippen LogP contribution in [0.5, 0.6) is 5.75 Å². The Morgan fingerprint density at radius 2 is 2.00 bits per heavy atom. The Bertz CT molecular complexity index is 706. The van der Waals surface area contributed by atoms with Gasteiger partial charge in [0.25, 0.3) is 5.91 Å². The van der Waals surface area contributed by atoms with Gasteiger partial charge in [-0.05, 0) is 36.2 Å². The van der Waals surface area contributed by atoms with E-state index in [0.717, 1.165) is 59.4 Å². The summed E-state index contributed by atoms with van der Waals surface area (Å²) in [5.41, 5.74) is 2.22. The molecule has 25 heavy (non-hydrogen) atoms. The lowest BCUT2D eigenvalue weighted by atomic mass is 10.1. The molecule has 1 amide bonds. The van der Waals surface area contributed by atoms with E-state index in [2.05, 4.69) is 22.5 Å². The summed E-state index contributed by atoms with van der Waals surface area (Å²) in [6.07, 6.45) is 0. The summed E-state index contributed by atoms with van der Waals surface area (Å²) in [5.74, 6) is 0.852. The molecule has 6 heteroatoms. The van der Waals surface area contributed by atoms with Crippen molar-refractivity contribution in [1.29, 1.82) is 0 Å². The summed E-state index contributed by atoms with van der Waals surface area (Å²) >= 11 is 1.55. The number of thiophene rings is 1.